The minimum atomic E-state index is -1.02. The van der Waals surface area contributed by atoms with Crippen molar-refractivity contribution in [3.8, 4) is 5.75 Å². The number of hydrogen-bond donors (Lipinski definition) is 1. The third-order valence-electron chi connectivity index (χ3n) is 5.23. The number of para-hydroxylation sites is 1. The first-order valence-electron chi connectivity index (χ1n) is 8.73. The third-order valence-corrected chi connectivity index (χ3v) is 6.21. The first-order chi connectivity index (χ1) is 13.0. The highest BCUT2D eigenvalue weighted by Crippen LogP contribution is 2.47. The van der Waals surface area contributed by atoms with Crippen LogP contribution in [0.5, 0.6) is 5.75 Å². The van der Waals surface area contributed by atoms with E-state index >= 15 is 0 Å². The van der Waals surface area contributed by atoms with E-state index in [9.17, 15) is 9.59 Å². The van der Waals surface area contributed by atoms with Crippen LogP contribution in [0, 0.1) is 5.92 Å². The molecule has 136 valence electrons. The van der Waals surface area contributed by atoms with Crippen LogP contribution in [0.3, 0.4) is 0 Å². The maximum atomic E-state index is 13.2. The Morgan fingerprint density at radius 1 is 1.33 bits per heavy atom. The Morgan fingerprint density at radius 2 is 2.15 bits per heavy atom. The monoisotopic (exact) mass is 379 g/mol. The zero-order valence-corrected chi connectivity index (χ0v) is 15.6. The number of aromatic amines is 1. The largest absolute Gasteiger partial charge is 0.465 e. The van der Waals surface area contributed by atoms with Gasteiger partial charge in [0.05, 0.1) is 10.6 Å². The lowest BCUT2D eigenvalue weighted by molar-refractivity contribution is -0.132. The van der Waals surface area contributed by atoms with E-state index < -0.39 is 17.7 Å². The molecular weight excluding hydrogens is 362 g/mol. The Hall–Kier alpha value is -2.93. The van der Waals surface area contributed by atoms with Crippen molar-refractivity contribution in [2.45, 2.75) is 25.6 Å². The number of ether oxygens (including phenoxy) is 1. The number of H-pyrrole nitrogens is 1. The average Bonchev–Trinajstić information content (AvgIpc) is 3.22. The molecular formula is C20H17N3O3S. The minimum Gasteiger partial charge on any atom is -0.465 e. The average molecular weight is 379 g/mol. The predicted octanol–water partition coefficient (Wildman–Crippen LogP) is 1.60. The van der Waals surface area contributed by atoms with Gasteiger partial charge in [-0.05, 0) is 38.1 Å². The summed E-state index contributed by atoms with van der Waals surface area (Å²) in [5.41, 5.74) is 0.535. The van der Waals surface area contributed by atoms with Gasteiger partial charge in [0.1, 0.15) is 17.5 Å². The molecule has 2 aliphatic heterocycles. The molecule has 0 saturated heterocycles. The SMILES string of the molecule is CC(=O)[C@H]1[C@H]2c3ccccc3O[C@]1(C)N=c1s/c(=C\c3ccc[nH]3)c(=O)n12. The molecule has 2 aromatic heterocycles. The van der Waals surface area contributed by atoms with Crippen molar-refractivity contribution < 1.29 is 9.53 Å². The molecule has 3 aromatic rings. The Balaban J connectivity index is 1.85. The van der Waals surface area contributed by atoms with Crippen molar-refractivity contribution in [1.82, 2.24) is 9.55 Å². The summed E-state index contributed by atoms with van der Waals surface area (Å²) in [6.45, 7) is 3.36. The summed E-state index contributed by atoms with van der Waals surface area (Å²) in [6.07, 6.45) is 3.63. The molecule has 7 heteroatoms. The van der Waals surface area contributed by atoms with E-state index in [4.69, 9.17) is 9.73 Å². The summed E-state index contributed by atoms with van der Waals surface area (Å²) in [7, 11) is 0. The van der Waals surface area contributed by atoms with Gasteiger partial charge in [-0.15, -0.1) is 0 Å². The van der Waals surface area contributed by atoms with Crippen molar-refractivity contribution >= 4 is 23.2 Å². The summed E-state index contributed by atoms with van der Waals surface area (Å²) >= 11 is 1.32. The van der Waals surface area contributed by atoms with Crippen LogP contribution < -0.4 is 19.6 Å². The lowest BCUT2D eigenvalue weighted by Crippen LogP contribution is -2.58. The molecule has 2 bridgehead atoms. The molecule has 6 nitrogen and oxygen atoms in total. The molecule has 2 aliphatic rings. The number of fused-ring (bicyclic) bond motifs is 6. The number of aromatic nitrogens is 2. The van der Waals surface area contributed by atoms with E-state index in [1.807, 2.05) is 55.6 Å². The maximum absolute atomic E-state index is 13.2. The van der Waals surface area contributed by atoms with Gasteiger partial charge in [0.15, 0.2) is 4.80 Å². The van der Waals surface area contributed by atoms with Gasteiger partial charge in [-0.2, -0.15) is 0 Å². The molecule has 3 atom stereocenters. The molecule has 0 unspecified atom stereocenters. The van der Waals surface area contributed by atoms with Crippen molar-refractivity contribution in [1.29, 1.82) is 0 Å². The van der Waals surface area contributed by atoms with Crippen molar-refractivity contribution in [2.75, 3.05) is 0 Å². The van der Waals surface area contributed by atoms with Gasteiger partial charge in [-0.25, -0.2) is 4.99 Å². The van der Waals surface area contributed by atoms with Gasteiger partial charge in [0.2, 0.25) is 5.72 Å². The highest BCUT2D eigenvalue weighted by atomic mass is 32.1. The molecule has 0 aliphatic carbocycles. The number of nitrogens with zero attached hydrogens (tertiary/aromatic N) is 2. The Labute approximate surface area is 158 Å². The summed E-state index contributed by atoms with van der Waals surface area (Å²) in [6, 6.07) is 10.9. The molecule has 0 radical (unpaired) electrons. The smallest absolute Gasteiger partial charge is 0.270 e. The van der Waals surface area contributed by atoms with E-state index in [2.05, 4.69) is 4.98 Å². The number of hydrogen-bond acceptors (Lipinski definition) is 5. The van der Waals surface area contributed by atoms with Crippen LogP contribution in [0.2, 0.25) is 0 Å². The van der Waals surface area contributed by atoms with Gasteiger partial charge in [-0.1, -0.05) is 29.5 Å². The van der Waals surface area contributed by atoms with Gasteiger partial charge in [-0.3, -0.25) is 14.2 Å². The number of thiazole rings is 1. The number of carbonyl (C=O) groups is 1. The van der Waals surface area contributed by atoms with Crippen LogP contribution in [0.4, 0.5) is 0 Å². The summed E-state index contributed by atoms with van der Waals surface area (Å²) in [4.78, 5) is 34.2. The van der Waals surface area contributed by atoms with Gasteiger partial charge < -0.3 is 9.72 Å². The van der Waals surface area contributed by atoms with Crippen LogP contribution in [0.1, 0.15) is 31.1 Å². The van der Waals surface area contributed by atoms with E-state index in [1.54, 1.807) is 4.57 Å². The topological polar surface area (TPSA) is 76.4 Å². The number of ketones is 1. The Morgan fingerprint density at radius 3 is 2.89 bits per heavy atom. The number of nitrogens with one attached hydrogen (secondary N) is 1. The predicted molar refractivity (Wildman–Crippen MR) is 102 cm³/mol. The summed E-state index contributed by atoms with van der Waals surface area (Å²) in [5, 5.41) is 0. The fourth-order valence-corrected chi connectivity index (χ4v) is 5.22. The zero-order chi connectivity index (χ0) is 18.8. The second-order valence-corrected chi connectivity index (χ2v) is 8.04. The third kappa shape index (κ3) is 2.28. The van der Waals surface area contributed by atoms with Crippen LogP contribution in [0.25, 0.3) is 6.08 Å². The Bertz CT molecular complexity index is 1240. The Kier molecular flexibility index (Phi) is 3.33. The molecule has 5 rings (SSSR count). The summed E-state index contributed by atoms with van der Waals surface area (Å²) < 4.78 is 8.40. The van der Waals surface area contributed by atoms with Crippen molar-refractivity contribution in [3.05, 3.63) is 73.5 Å². The zero-order valence-electron chi connectivity index (χ0n) is 14.8. The van der Waals surface area contributed by atoms with Gasteiger partial charge in [0.25, 0.3) is 5.56 Å². The second-order valence-electron chi connectivity index (χ2n) is 7.03. The lowest BCUT2D eigenvalue weighted by Gasteiger charge is -2.45. The van der Waals surface area contributed by atoms with Crippen molar-refractivity contribution in [2.24, 2.45) is 10.9 Å². The molecule has 4 heterocycles. The fourth-order valence-electron chi connectivity index (χ4n) is 4.13. The van der Waals surface area contributed by atoms with Crippen LogP contribution >= 0.6 is 11.3 Å². The highest BCUT2D eigenvalue weighted by Gasteiger charge is 2.53. The van der Waals surface area contributed by atoms with Crippen LogP contribution in [-0.2, 0) is 4.79 Å². The first-order valence-corrected chi connectivity index (χ1v) is 9.54. The quantitative estimate of drug-likeness (QED) is 0.735. The molecule has 0 spiro atoms. The number of Topliss-reactive ketones (excluding diaryl/α,β-unsaturated/α-hetero) is 1. The maximum Gasteiger partial charge on any atom is 0.270 e. The van der Waals surface area contributed by atoms with Crippen LogP contribution in [-0.4, -0.2) is 21.1 Å². The molecule has 0 amide bonds. The first kappa shape index (κ1) is 16.3. The molecule has 0 saturated carbocycles. The van der Waals surface area contributed by atoms with E-state index in [1.165, 1.54) is 18.3 Å². The van der Waals surface area contributed by atoms with E-state index in [0.717, 1.165) is 11.3 Å². The van der Waals surface area contributed by atoms with Crippen molar-refractivity contribution in [3.63, 3.8) is 0 Å². The molecule has 1 aromatic carbocycles. The number of benzene rings is 1. The van der Waals surface area contributed by atoms with Gasteiger partial charge >= 0.3 is 0 Å². The normalized spacial score (nSPS) is 25.9. The molecule has 27 heavy (non-hydrogen) atoms. The second kappa shape index (κ2) is 5.53. The van der Waals surface area contributed by atoms with Crippen LogP contribution in [0.15, 0.2) is 52.4 Å². The fraction of sp³-hybridized carbons (Fsp3) is 0.250. The standard InChI is InChI=1S/C20H17N3O3S/c1-11(24)16-17-13-7-3-4-8-14(13)26-20(16,2)22-19-23(17)18(25)15(27-19)10-12-6-5-9-21-12/h3-10,16-17,21H,1-2H3/b15-10-/t16-,17+,20-/m0/s1. The van der Waals surface area contributed by atoms with E-state index in [0.29, 0.717) is 15.1 Å². The van der Waals surface area contributed by atoms with Gasteiger partial charge in [0, 0.05) is 17.5 Å². The number of rotatable bonds is 2. The molecule has 1 N–H and O–H groups in total. The highest BCUT2D eigenvalue weighted by molar-refractivity contribution is 7.07. The lowest BCUT2D eigenvalue weighted by atomic mass is 9.79. The minimum absolute atomic E-state index is 0.0422. The molecule has 0 fully saturated rings. The van der Waals surface area contributed by atoms with E-state index in [-0.39, 0.29) is 11.3 Å². The number of carbonyl (C=O) groups excluding carboxylic acids is 1. The summed E-state index contributed by atoms with van der Waals surface area (Å²) in [5.74, 6) is 0.0786.